The van der Waals surface area contributed by atoms with E-state index in [1.807, 2.05) is 45.9 Å². The van der Waals surface area contributed by atoms with Crippen LogP contribution in [0.15, 0.2) is 66.7 Å². The molecule has 1 aliphatic heterocycles. The van der Waals surface area contributed by atoms with Crippen LogP contribution in [0.1, 0.15) is 53.6 Å². The summed E-state index contributed by atoms with van der Waals surface area (Å²) in [6.07, 6.45) is 0. The molecule has 8 heteroatoms. The normalized spacial score (nSPS) is 12.5. The first kappa shape index (κ1) is 23.9. The number of aromatic nitrogens is 2. The van der Waals surface area contributed by atoms with Gasteiger partial charge in [0.05, 0.1) is 16.8 Å². The topological polar surface area (TPSA) is 101 Å². The molecule has 184 valence electrons. The Bertz CT molecular complexity index is 1570. The van der Waals surface area contributed by atoms with Crippen LogP contribution < -0.4 is 15.0 Å². The molecule has 3 aromatic carbocycles. The van der Waals surface area contributed by atoms with Gasteiger partial charge in [0.2, 0.25) is 0 Å². The molecule has 1 aromatic heterocycles. The number of carbonyl (C=O) groups is 3. The van der Waals surface area contributed by atoms with E-state index < -0.39 is 17.7 Å². The predicted octanol–water partition coefficient (Wildman–Crippen LogP) is 5.56. The maximum Gasteiger partial charge on any atom is 0.322 e. The fourth-order valence-corrected chi connectivity index (χ4v) is 4.34. The smallest absolute Gasteiger partial charge is 0.322 e. The number of benzene rings is 3. The van der Waals surface area contributed by atoms with Gasteiger partial charge >= 0.3 is 6.01 Å². The van der Waals surface area contributed by atoms with Crippen LogP contribution in [0.2, 0.25) is 0 Å². The van der Waals surface area contributed by atoms with Gasteiger partial charge in [0.15, 0.2) is 0 Å². The summed E-state index contributed by atoms with van der Waals surface area (Å²) in [6, 6.07) is 19.0. The summed E-state index contributed by atoms with van der Waals surface area (Å²) in [5.74, 6) is -0.822. The van der Waals surface area contributed by atoms with E-state index in [1.54, 1.807) is 30.3 Å². The number of hydrogen-bond acceptors (Lipinski definition) is 6. The van der Waals surface area contributed by atoms with E-state index in [0.717, 1.165) is 27.4 Å². The van der Waals surface area contributed by atoms with Crippen LogP contribution in [-0.4, -0.2) is 27.7 Å². The molecule has 0 saturated heterocycles. The summed E-state index contributed by atoms with van der Waals surface area (Å²) in [7, 11) is 0. The second-order valence-electron chi connectivity index (χ2n) is 9.01. The number of imide groups is 1. The lowest BCUT2D eigenvalue weighted by Crippen LogP contribution is -2.30. The number of amides is 3. The van der Waals surface area contributed by atoms with Gasteiger partial charge in [0.1, 0.15) is 5.75 Å². The van der Waals surface area contributed by atoms with E-state index >= 15 is 0 Å². The van der Waals surface area contributed by atoms with Crippen molar-refractivity contribution in [2.75, 3.05) is 10.2 Å². The van der Waals surface area contributed by atoms with Gasteiger partial charge in [-0.05, 0) is 75.7 Å². The molecule has 0 bridgehead atoms. The average Bonchev–Trinajstić information content (AvgIpc) is 3.08. The van der Waals surface area contributed by atoms with Gasteiger partial charge in [-0.15, -0.1) is 0 Å². The Hall–Kier alpha value is -4.85. The van der Waals surface area contributed by atoms with Gasteiger partial charge < -0.3 is 10.1 Å². The molecule has 4 aromatic rings. The van der Waals surface area contributed by atoms with Crippen molar-refractivity contribution in [1.82, 2.24) is 9.97 Å². The lowest BCUT2D eigenvalue weighted by atomic mass is 10.1. The summed E-state index contributed by atoms with van der Waals surface area (Å²) < 4.78 is 5.76. The fraction of sp³-hybridized carbons (Fsp3) is 0.138. The molecule has 0 fully saturated rings. The van der Waals surface area contributed by atoms with E-state index in [1.165, 1.54) is 18.2 Å². The molecule has 5 rings (SSSR count). The third-order valence-electron chi connectivity index (χ3n) is 6.00. The highest BCUT2D eigenvalue weighted by Gasteiger charge is 2.37. The maximum atomic E-state index is 13.2. The van der Waals surface area contributed by atoms with Crippen molar-refractivity contribution in [3.05, 3.63) is 106 Å². The minimum absolute atomic E-state index is 0.196. The quantitative estimate of drug-likeness (QED) is 0.366. The molecule has 0 spiro atoms. The number of nitrogens with one attached hydrogen (secondary N) is 1. The van der Waals surface area contributed by atoms with Crippen molar-refractivity contribution in [3.63, 3.8) is 0 Å². The first-order valence-corrected chi connectivity index (χ1v) is 11.7. The molecule has 8 nitrogen and oxygen atoms in total. The second kappa shape index (κ2) is 9.31. The van der Waals surface area contributed by atoms with Gasteiger partial charge in [-0.3, -0.25) is 14.4 Å². The first-order chi connectivity index (χ1) is 17.7. The standard InChI is InChI=1S/C29H24N4O4/c1-16-8-11-25(17(2)12-16)33-27(35)23-10-9-20(14-24(23)28(33)36)26(34)32-21-6-5-7-22(15-21)37-29-30-18(3)13-19(4)31-29/h5-15H,1-4H3,(H,32,34). The fourth-order valence-electron chi connectivity index (χ4n) is 4.34. The molecule has 37 heavy (non-hydrogen) atoms. The number of carbonyl (C=O) groups excluding carboxylic acids is 3. The summed E-state index contributed by atoms with van der Waals surface area (Å²) in [6.45, 7) is 7.51. The van der Waals surface area contributed by atoms with E-state index in [9.17, 15) is 14.4 Å². The van der Waals surface area contributed by atoms with Crippen molar-refractivity contribution < 1.29 is 19.1 Å². The molecule has 0 saturated carbocycles. The van der Waals surface area contributed by atoms with Crippen LogP contribution in [0.3, 0.4) is 0 Å². The summed E-state index contributed by atoms with van der Waals surface area (Å²) >= 11 is 0. The summed E-state index contributed by atoms with van der Waals surface area (Å²) in [5, 5.41) is 2.81. The number of anilines is 2. The maximum absolute atomic E-state index is 13.2. The molecule has 0 atom stereocenters. The number of nitrogens with zero attached hydrogens (tertiary/aromatic N) is 3. The van der Waals surface area contributed by atoms with E-state index in [2.05, 4.69) is 15.3 Å². The van der Waals surface area contributed by atoms with Crippen LogP contribution in [-0.2, 0) is 0 Å². The van der Waals surface area contributed by atoms with Gasteiger partial charge in [-0.1, -0.05) is 23.8 Å². The van der Waals surface area contributed by atoms with Crippen molar-refractivity contribution in [1.29, 1.82) is 0 Å². The Morgan fingerprint density at radius 3 is 2.27 bits per heavy atom. The van der Waals surface area contributed by atoms with Crippen LogP contribution in [0, 0.1) is 27.7 Å². The number of aryl methyl sites for hydroxylation is 4. The summed E-state index contributed by atoms with van der Waals surface area (Å²) in [4.78, 5) is 48.9. The zero-order valence-electron chi connectivity index (χ0n) is 20.8. The number of fused-ring (bicyclic) bond motifs is 1. The Balaban J connectivity index is 1.36. The van der Waals surface area contributed by atoms with Crippen molar-refractivity contribution in [2.45, 2.75) is 27.7 Å². The largest absolute Gasteiger partial charge is 0.424 e. The summed E-state index contributed by atoms with van der Waals surface area (Å²) in [5.41, 5.74) is 5.17. The highest BCUT2D eigenvalue weighted by Crippen LogP contribution is 2.32. The SMILES string of the molecule is Cc1ccc(N2C(=O)c3ccc(C(=O)Nc4cccc(Oc5nc(C)cc(C)n5)c4)cc3C2=O)c(C)c1. The van der Waals surface area contributed by atoms with Crippen molar-refractivity contribution in [2.24, 2.45) is 0 Å². The van der Waals surface area contributed by atoms with Crippen molar-refractivity contribution in [3.8, 4) is 11.8 Å². The molecule has 1 N–H and O–H groups in total. The first-order valence-electron chi connectivity index (χ1n) is 11.7. The van der Waals surface area contributed by atoms with Crippen LogP contribution >= 0.6 is 0 Å². The zero-order chi connectivity index (χ0) is 26.3. The zero-order valence-corrected chi connectivity index (χ0v) is 20.8. The van der Waals surface area contributed by atoms with Crippen molar-refractivity contribution >= 4 is 29.1 Å². The Morgan fingerprint density at radius 1 is 0.811 bits per heavy atom. The Labute approximate surface area is 213 Å². The van der Waals surface area contributed by atoms with E-state index in [0.29, 0.717) is 17.1 Å². The van der Waals surface area contributed by atoms with Gasteiger partial charge in [-0.25, -0.2) is 14.9 Å². The predicted molar refractivity (Wildman–Crippen MR) is 139 cm³/mol. The van der Waals surface area contributed by atoms with Crippen LogP contribution in [0.5, 0.6) is 11.8 Å². The number of hydrogen-bond donors (Lipinski definition) is 1. The monoisotopic (exact) mass is 492 g/mol. The highest BCUT2D eigenvalue weighted by atomic mass is 16.5. The van der Waals surface area contributed by atoms with E-state index in [-0.39, 0.29) is 22.7 Å². The highest BCUT2D eigenvalue weighted by molar-refractivity contribution is 6.35. The minimum atomic E-state index is -0.453. The molecule has 0 aliphatic carbocycles. The third-order valence-corrected chi connectivity index (χ3v) is 6.00. The number of rotatable bonds is 5. The minimum Gasteiger partial charge on any atom is -0.424 e. The van der Waals surface area contributed by atoms with Gasteiger partial charge in [0, 0.05) is 28.7 Å². The molecule has 1 aliphatic rings. The number of ether oxygens (including phenoxy) is 1. The molecule has 0 unspecified atom stereocenters. The molecular weight excluding hydrogens is 468 g/mol. The Morgan fingerprint density at radius 2 is 1.54 bits per heavy atom. The average molecular weight is 493 g/mol. The van der Waals surface area contributed by atoms with Crippen LogP contribution in [0.25, 0.3) is 0 Å². The lowest BCUT2D eigenvalue weighted by molar-refractivity contribution is 0.0925. The molecular formula is C29H24N4O4. The van der Waals surface area contributed by atoms with E-state index in [4.69, 9.17) is 4.74 Å². The third kappa shape index (κ3) is 4.69. The second-order valence-corrected chi connectivity index (χ2v) is 9.01. The Kier molecular flexibility index (Phi) is 6.01. The molecule has 2 heterocycles. The lowest BCUT2D eigenvalue weighted by Gasteiger charge is -2.16. The molecule has 0 radical (unpaired) electrons. The molecule has 3 amide bonds. The van der Waals surface area contributed by atoms with Gasteiger partial charge in [-0.2, -0.15) is 0 Å². The van der Waals surface area contributed by atoms with Crippen LogP contribution in [0.4, 0.5) is 11.4 Å². The van der Waals surface area contributed by atoms with Gasteiger partial charge in [0.25, 0.3) is 17.7 Å².